The second-order valence-corrected chi connectivity index (χ2v) is 7.79. The lowest BCUT2D eigenvalue weighted by Crippen LogP contribution is -2.42. The van der Waals surface area contributed by atoms with E-state index in [1.165, 1.54) is 54.2 Å². The fourth-order valence-corrected chi connectivity index (χ4v) is 3.33. The maximum atomic E-state index is 12.5. The fourth-order valence-electron chi connectivity index (χ4n) is 2.36. The molecule has 0 aliphatic rings. The zero-order valence-corrected chi connectivity index (χ0v) is 17.7. The number of thioether (sulfide) groups is 1. The molecule has 0 radical (unpaired) electrons. The Morgan fingerprint density at radius 3 is 2.48 bits per heavy atom. The molecule has 0 aliphatic heterocycles. The number of amides is 1. The number of nitrogens with zero attached hydrogens (tertiary/aromatic N) is 1. The Kier molecular flexibility index (Phi) is 8.75. The Labute approximate surface area is 181 Å². The highest BCUT2D eigenvalue weighted by molar-refractivity contribution is 7.98. The van der Waals surface area contributed by atoms with Gasteiger partial charge in [-0.3, -0.25) is 14.9 Å². The molecule has 0 saturated heterocycles. The quantitative estimate of drug-likeness (QED) is 0.338. The van der Waals surface area contributed by atoms with Crippen molar-refractivity contribution in [3.63, 3.8) is 0 Å². The third-order valence-electron chi connectivity index (χ3n) is 3.90. The molecule has 1 amide bonds. The van der Waals surface area contributed by atoms with Crippen LogP contribution in [-0.4, -0.2) is 34.9 Å². The number of hydrogen-bond donors (Lipinski definition) is 1. The summed E-state index contributed by atoms with van der Waals surface area (Å²) in [6.45, 7) is -0.0653. The smallest absolute Gasteiger partial charge is 0.329 e. The number of carbonyl (C=O) groups is 2. The predicted molar refractivity (Wildman–Crippen MR) is 114 cm³/mol. The summed E-state index contributed by atoms with van der Waals surface area (Å²) in [4.78, 5) is 35.2. The van der Waals surface area contributed by atoms with E-state index in [1.807, 2.05) is 6.26 Å². The molecular formula is C19H18Cl2N2O5S. The largest absolute Gasteiger partial charge is 0.459 e. The van der Waals surface area contributed by atoms with Gasteiger partial charge in [0, 0.05) is 17.2 Å². The van der Waals surface area contributed by atoms with Crippen molar-refractivity contribution in [1.82, 2.24) is 5.32 Å². The van der Waals surface area contributed by atoms with Gasteiger partial charge in [-0.15, -0.1) is 0 Å². The number of hydrogen-bond acceptors (Lipinski definition) is 6. The minimum absolute atomic E-state index is 0.0509. The first-order valence-corrected chi connectivity index (χ1v) is 10.6. The molecule has 7 nitrogen and oxygen atoms in total. The molecular weight excluding hydrogens is 439 g/mol. The second kappa shape index (κ2) is 11.0. The van der Waals surface area contributed by atoms with Gasteiger partial charge in [-0.1, -0.05) is 23.2 Å². The average Bonchev–Trinajstić information content (AvgIpc) is 2.69. The minimum atomic E-state index is -0.861. The van der Waals surface area contributed by atoms with Gasteiger partial charge in [-0.05, 0) is 54.3 Å². The summed E-state index contributed by atoms with van der Waals surface area (Å²) in [7, 11) is 0. The van der Waals surface area contributed by atoms with E-state index >= 15 is 0 Å². The van der Waals surface area contributed by atoms with Crippen molar-refractivity contribution in [1.29, 1.82) is 0 Å². The van der Waals surface area contributed by atoms with E-state index in [2.05, 4.69) is 5.32 Å². The van der Waals surface area contributed by atoms with E-state index in [9.17, 15) is 19.7 Å². The number of esters is 1. The van der Waals surface area contributed by atoms with Gasteiger partial charge in [0.2, 0.25) is 0 Å². The third kappa shape index (κ3) is 6.92. The average molecular weight is 457 g/mol. The molecule has 0 fully saturated rings. The standard InChI is InChI=1S/C19H18Cl2N2O5S/c1-29-9-8-17(22-18(24)15-7-4-13(20)10-16(15)21)19(25)28-11-12-2-5-14(6-3-12)23(26)27/h2-7,10,17H,8-9,11H2,1H3,(H,22,24)/t17-/m0/s1. The van der Waals surface area contributed by atoms with E-state index in [0.717, 1.165) is 0 Å². The molecule has 0 aliphatic carbocycles. The lowest BCUT2D eigenvalue weighted by Gasteiger charge is -2.18. The first-order valence-electron chi connectivity index (χ1n) is 8.46. The molecule has 2 aromatic carbocycles. The summed E-state index contributed by atoms with van der Waals surface area (Å²) >= 11 is 13.4. The molecule has 29 heavy (non-hydrogen) atoms. The number of nitro benzene ring substituents is 1. The van der Waals surface area contributed by atoms with Crippen molar-refractivity contribution in [2.75, 3.05) is 12.0 Å². The Bertz CT molecular complexity index is 893. The van der Waals surface area contributed by atoms with Crippen molar-refractivity contribution in [3.05, 3.63) is 73.8 Å². The van der Waals surface area contributed by atoms with Gasteiger partial charge in [0.1, 0.15) is 12.6 Å². The zero-order chi connectivity index (χ0) is 21.4. The minimum Gasteiger partial charge on any atom is -0.459 e. The zero-order valence-electron chi connectivity index (χ0n) is 15.4. The molecule has 0 spiro atoms. The maximum Gasteiger partial charge on any atom is 0.329 e. The fraction of sp³-hybridized carbons (Fsp3) is 0.263. The Balaban J connectivity index is 2.03. The van der Waals surface area contributed by atoms with E-state index in [-0.39, 0.29) is 22.9 Å². The number of non-ortho nitro benzene ring substituents is 1. The van der Waals surface area contributed by atoms with Crippen LogP contribution in [0.1, 0.15) is 22.3 Å². The number of rotatable bonds is 9. The number of halogens is 2. The van der Waals surface area contributed by atoms with Crippen molar-refractivity contribution in [3.8, 4) is 0 Å². The van der Waals surface area contributed by atoms with E-state index < -0.39 is 22.8 Å². The van der Waals surface area contributed by atoms with Crippen LogP contribution in [0, 0.1) is 10.1 Å². The van der Waals surface area contributed by atoms with Crippen LogP contribution in [0.5, 0.6) is 0 Å². The van der Waals surface area contributed by atoms with E-state index in [0.29, 0.717) is 22.8 Å². The number of carbonyl (C=O) groups excluding carboxylic acids is 2. The first-order chi connectivity index (χ1) is 13.8. The molecule has 1 N–H and O–H groups in total. The normalized spacial score (nSPS) is 11.6. The Morgan fingerprint density at radius 1 is 1.21 bits per heavy atom. The summed E-state index contributed by atoms with van der Waals surface area (Å²) in [6.07, 6.45) is 2.26. The monoisotopic (exact) mass is 456 g/mol. The molecule has 0 bridgehead atoms. The van der Waals surface area contributed by atoms with Gasteiger partial charge < -0.3 is 10.1 Å². The molecule has 0 unspecified atom stereocenters. The van der Waals surface area contributed by atoms with Gasteiger partial charge >= 0.3 is 5.97 Å². The van der Waals surface area contributed by atoms with Gasteiger partial charge in [-0.2, -0.15) is 11.8 Å². The maximum absolute atomic E-state index is 12.5. The van der Waals surface area contributed by atoms with Crippen LogP contribution in [-0.2, 0) is 16.1 Å². The van der Waals surface area contributed by atoms with Crippen LogP contribution in [0.2, 0.25) is 10.0 Å². The van der Waals surface area contributed by atoms with Crippen LogP contribution in [0.3, 0.4) is 0 Å². The highest BCUT2D eigenvalue weighted by Gasteiger charge is 2.24. The third-order valence-corrected chi connectivity index (χ3v) is 5.10. The molecule has 154 valence electrons. The van der Waals surface area contributed by atoms with E-state index in [1.54, 1.807) is 0 Å². The molecule has 1 atom stereocenters. The summed E-state index contributed by atoms with van der Waals surface area (Å²) in [6, 6.07) is 9.28. The Hall–Kier alpha value is -2.29. The molecule has 2 rings (SSSR count). The van der Waals surface area contributed by atoms with Crippen LogP contribution in [0.25, 0.3) is 0 Å². The number of benzene rings is 2. The summed E-state index contributed by atoms with van der Waals surface area (Å²) in [5.74, 6) is -0.479. The molecule has 10 heteroatoms. The molecule has 2 aromatic rings. The topological polar surface area (TPSA) is 98.5 Å². The van der Waals surface area contributed by atoms with Gasteiger partial charge in [0.15, 0.2) is 0 Å². The van der Waals surface area contributed by atoms with Crippen molar-refractivity contribution < 1.29 is 19.2 Å². The van der Waals surface area contributed by atoms with Crippen LogP contribution in [0.15, 0.2) is 42.5 Å². The highest BCUT2D eigenvalue weighted by atomic mass is 35.5. The lowest BCUT2D eigenvalue weighted by atomic mass is 10.1. The highest BCUT2D eigenvalue weighted by Crippen LogP contribution is 2.21. The molecule has 0 saturated carbocycles. The number of ether oxygens (including phenoxy) is 1. The summed E-state index contributed by atoms with van der Waals surface area (Å²) in [5, 5.41) is 13.9. The van der Waals surface area contributed by atoms with Gasteiger partial charge in [0.05, 0.1) is 15.5 Å². The van der Waals surface area contributed by atoms with Crippen LogP contribution < -0.4 is 5.32 Å². The number of nitrogens with one attached hydrogen (secondary N) is 1. The van der Waals surface area contributed by atoms with E-state index in [4.69, 9.17) is 27.9 Å². The van der Waals surface area contributed by atoms with Crippen molar-refractivity contribution in [2.45, 2.75) is 19.1 Å². The second-order valence-electron chi connectivity index (χ2n) is 5.96. The number of nitro groups is 1. The van der Waals surface area contributed by atoms with Crippen LogP contribution in [0.4, 0.5) is 5.69 Å². The lowest BCUT2D eigenvalue weighted by molar-refractivity contribution is -0.384. The molecule has 0 aromatic heterocycles. The SMILES string of the molecule is CSCC[C@H](NC(=O)c1ccc(Cl)cc1Cl)C(=O)OCc1ccc([N+](=O)[O-])cc1. The first kappa shape index (κ1) is 23.0. The predicted octanol–water partition coefficient (Wildman–Crippen LogP) is 4.50. The van der Waals surface area contributed by atoms with Crippen molar-refractivity contribution >= 4 is 52.5 Å². The van der Waals surface area contributed by atoms with Crippen molar-refractivity contribution in [2.24, 2.45) is 0 Å². The molecule has 0 heterocycles. The summed E-state index contributed by atoms with van der Waals surface area (Å²) < 4.78 is 5.29. The Morgan fingerprint density at radius 2 is 1.90 bits per heavy atom. The van der Waals surface area contributed by atoms with Gasteiger partial charge in [0.25, 0.3) is 11.6 Å². The van der Waals surface area contributed by atoms with Gasteiger partial charge in [-0.25, -0.2) is 4.79 Å². The summed E-state index contributed by atoms with van der Waals surface area (Å²) in [5.41, 5.74) is 0.748. The van der Waals surface area contributed by atoms with Crippen LogP contribution >= 0.6 is 35.0 Å².